The summed E-state index contributed by atoms with van der Waals surface area (Å²) >= 11 is 0. The summed E-state index contributed by atoms with van der Waals surface area (Å²) in [4.78, 5) is 12.4. The van der Waals surface area contributed by atoms with Crippen molar-refractivity contribution in [2.75, 3.05) is 6.54 Å². The van der Waals surface area contributed by atoms with Gasteiger partial charge in [-0.2, -0.15) is 9.41 Å². The van der Waals surface area contributed by atoms with Crippen molar-refractivity contribution in [1.82, 2.24) is 9.73 Å². The molecule has 0 unspecified atom stereocenters. The van der Waals surface area contributed by atoms with Crippen LogP contribution >= 0.6 is 0 Å². The molecular weight excluding hydrogens is 354 g/mol. The van der Waals surface area contributed by atoms with Gasteiger partial charge in [0, 0.05) is 5.71 Å². The Labute approximate surface area is 153 Å². The first-order chi connectivity index (χ1) is 12.5. The van der Waals surface area contributed by atoms with Crippen LogP contribution in [0.1, 0.15) is 32.4 Å². The molecule has 1 aromatic heterocycles. The van der Waals surface area contributed by atoms with Crippen LogP contribution in [-0.4, -0.2) is 30.9 Å². The summed E-state index contributed by atoms with van der Waals surface area (Å²) in [7, 11) is -3.86. The summed E-state index contributed by atoms with van der Waals surface area (Å²) in [6, 6.07) is 11.3. The van der Waals surface area contributed by atoms with E-state index in [1.165, 1.54) is 18.4 Å². The lowest BCUT2D eigenvalue weighted by molar-refractivity contribution is -0.121. The maximum atomic E-state index is 12.9. The smallest absolute Gasteiger partial charge is 0.255 e. The molecule has 0 aliphatic rings. The van der Waals surface area contributed by atoms with Crippen molar-refractivity contribution in [2.24, 2.45) is 5.10 Å². The molecule has 0 aliphatic carbocycles. The van der Waals surface area contributed by atoms with Crippen LogP contribution in [0.2, 0.25) is 0 Å². The van der Waals surface area contributed by atoms with Crippen LogP contribution in [0.4, 0.5) is 0 Å². The first-order valence-corrected chi connectivity index (χ1v) is 9.83. The lowest BCUT2D eigenvalue weighted by Gasteiger charge is -2.20. The van der Waals surface area contributed by atoms with Crippen molar-refractivity contribution in [2.45, 2.75) is 38.1 Å². The number of nitrogens with zero attached hydrogens (tertiary/aromatic N) is 2. The lowest BCUT2D eigenvalue weighted by atomic mass is 10.2. The number of hydrogen-bond acceptors (Lipinski definition) is 5. The molecule has 0 radical (unpaired) electrons. The fourth-order valence-corrected chi connectivity index (χ4v) is 3.67. The fourth-order valence-electron chi connectivity index (χ4n) is 2.29. The van der Waals surface area contributed by atoms with Gasteiger partial charge in [-0.25, -0.2) is 13.8 Å². The molecule has 1 N–H and O–H groups in total. The van der Waals surface area contributed by atoms with Crippen LogP contribution in [0.15, 0.2) is 63.1 Å². The second-order valence-electron chi connectivity index (χ2n) is 5.59. The average molecular weight is 377 g/mol. The molecule has 0 aliphatic heterocycles. The predicted octanol–water partition coefficient (Wildman–Crippen LogP) is 2.76. The summed E-state index contributed by atoms with van der Waals surface area (Å²) in [6.07, 6.45) is 2.90. The molecule has 0 bridgehead atoms. The van der Waals surface area contributed by atoms with Gasteiger partial charge in [-0.3, -0.25) is 4.79 Å². The Kier molecular flexibility index (Phi) is 7.11. The molecule has 7 nitrogen and oxygen atoms in total. The van der Waals surface area contributed by atoms with Gasteiger partial charge in [-0.15, -0.1) is 0 Å². The van der Waals surface area contributed by atoms with Gasteiger partial charge in [-0.05, 0) is 37.1 Å². The van der Waals surface area contributed by atoms with Gasteiger partial charge < -0.3 is 4.42 Å². The number of rotatable bonds is 9. The molecule has 2 aromatic rings. The number of benzene rings is 1. The van der Waals surface area contributed by atoms with Crippen molar-refractivity contribution in [3.05, 3.63) is 54.5 Å². The molecule has 140 valence electrons. The van der Waals surface area contributed by atoms with Crippen molar-refractivity contribution >= 4 is 21.6 Å². The summed E-state index contributed by atoms with van der Waals surface area (Å²) in [5.74, 6) is -0.0564. The highest BCUT2D eigenvalue weighted by Gasteiger charge is 2.27. The number of carbonyl (C=O) groups excluding carboxylic acids is 1. The van der Waals surface area contributed by atoms with Gasteiger partial charge in [0.15, 0.2) is 0 Å². The molecule has 1 aromatic carbocycles. The van der Waals surface area contributed by atoms with Gasteiger partial charge in [0.1, 0.15) is 5.76 Å². The molecule has 8 heteroatoms. The number of sulfonamides is 1. The van der Waals surface area contributed by atoms with Crippen molar-refractivity contribution < 1.29 is 17.6 Å². The number of furan rings is 1. The zero-order chi connectivity index (χ0) is 19.0. The molecule has 1 amide bonds. The zero-order valence-corrected chi connectivity index (χ0v) is 15.7. The number of amides is 1. The third kappa shape index (κ3) is 5.27. The van der Waals surface area contributed by atoms with Crippen molar-refractivity contribution in [3.8, 4) is 0 Å². The minimum atomic E-state index is -3.86. The van der Waals surface area contributed by atoms with Crippen molar-refractivity contribution in [1.29, 1.82) is 0 Å². The monoisotopic (exact) mass is 377 g/mol. The molecule has 0 atom stereocenters. The second-order valence-corrected chi connectivity index (χ2v) is 7.52. The highest BCUT2D eigenvalue weighted by atomic mass is 32.2. The van der Waals surface area contributed by atoms with Crippen LogP contribution in [0.3, 0.4) is 0 Å². The fraction of sp³-hybridized carbons (Fsp3) is 0.333. The maximum absolute atomic E-state index is 12.9. The SMILES string of the molecule is CCC(CC)=NNC(=O)CN(Cc1ccco1)S(=O)(=O)c1ccccc1. The van der Waals surface area contributed by atoms with E-state index in [0.717, 1.165) is 22.9 Å². The molecule has 0 spiro atoms. The van der Waals surface area contributed by atoms with E-state index in [4.69, 9.17) is 4.42 Å². The van der Waals surface area contributed by atoms with Gasteiger partial charge >= 0.3 is 0 Å². The van der Waals surface area contributed by atoms with Crippen LogP contribution in [-0.2, 0) is 21.4 Å². The number of hydrazone groups is 1. The van der Waals surface area contributed by atoms with Gasteiger partial charge in [-0.1, -0.05) is 32.0 Å². The maximum Gasteiger partial charge on any atom is 0.255 e. The second kappa shape index (κ2) is 9.30. The molecule has 0 saturated heterocycles. The summed E-state index contributed by atoms with van der Waals surface area (Å²) < 4.78 is 32.1. The predicted molar refractivity (Wildman–Crippen MR) is 98.9 cm³/mol. The Balaban J connectivity index is 2.21. The molecule has 2 rings (SSSR count). The van der Waals surface area contributed by atoms with Crippen LogP contribution in [0.5, 0.6) is 0 Å². The minimum Gasteiger partial charge on any atom is -0.468 e. The lowest BCUT2D eigenvalue weighted by Crippen LogP contribution is -2.39. The standard InChI is InChI=1S/C18H23N3O4S/c1-3-15(4-2)19-20-18(22)14-21(13-16-9-8-12-25-16)26(23,24)17-10-6-5-7-11-17/h5-12H,3-4,13-14H2,1-2H3,(H,20,22). The molecule has 1 heterocycles. The Morgan fingerprint density at radius 1 is 1.12 bits per heavy atom. The van der Waals surface area contributed by atoms with Crippen LogP contribution < -0.4 is 5.43 Å². The van der Waals surface area contributed by atoms with Crippen LogP contribution in [0, 0.1) is 0 Å². The number of nitrogens with one attached hydrogen (secondary N) is 1. The summed E-state index contributed by atoms with van der Waals surface area (Å²) in [5.41, 5.74) is 3.27. The van der Waals surface area contributed by atoms with E-state index in [9.17, 15) is 13.2 Å². The highest BCUT2D eigenvalue weighted by Crippen LogP contribution is 2.18. The Morgan fingerprint density at radius 2 is 1.81 bits per heavy atom. The normalized spacial score (nSPS) is 11.3. The minimum absolute atomic E-state index is 0.0459. The van der Waals surface area contributed by atoms with Gasteiger partial charge in [0.25, 0.3) is 5.91 Å². The van der Waals surface area contributed by atoms with E-state index in [0.29, 0.717) is 5.76 Å². The van der Waals surface area contributed by atoms with E-state index in [1.54, 1.807) is 30.3 Å². The molecular formula is C18H23N3O4S. The Morgan fingerprint density at radius 3 is 2.38 bits per heavy atom. The molecule has 0 saturated carbocycles. The first kappa shape index (κ1) is 19.9. The van der Waals surface area contributed by atoms with Crippen molar-refractivity contribution in [3.63, 3.8) is 0 Å². The molecule has 0 fully saturated rings. The van der Waals surface area contributed by atoms with E-state index >= 15 is 0 Å². The quantitative estimate of drug-likeness (QED) is 0.537. The average Bonchev–Trinajstić information content (AvgIpc) is 3.16. The Hall–Kier alpha value is -2.45. The number of carbonyl (C=O) groups is 1. The van der Waals surface area contributed by atoms with E-state index in [1.807, 2.05) is 13.8 Å². The highest BCUT2D eigenvalue weighted by molar-refractivity contribution is 7.89. The summed E-state index contributed by atoms with van der Waals surface area (Å²) in [5, 5.41) is 4.04. The summed E-state index contributed by atoms with van der Waals surface area (Å²) in [6.45, 7) is 3.48. The zero-order valence-electron chi connectivity index (χ0n) is 14.9. The van der Waals surface area contributed by atoms with Gasteiger partial charge in [0.2, 0.25) is 10.0 Å². The van der Waals surface area contributed by atoms with E-state index in [-0.39, 0.29) is 18.0 Å². The third-order valence-corrected chi connectivity index (χ3v) is 5.57. The number of hydrogen-bond donors (Lipinski definition) is 1. The third-order valence-electron chi connectivity index (χ3n) is 3.77. The van der Waals surface area contributed by atoms with E-state index < -0.39 is 15.9 Å². The van der Waals surface area contributed by atoms with Crippen LogP contribution in [0.25, 0.3) is 0 Å². The molecule has 26 heavy (non-hydrogen) atoms. The Bertz CT molecular complexity index is 825. The topological polar surface area (TPSA) is 92.0 Å². The van der Waals surface area contributed by atoms with Gasteiger partial charge in [0.05, 0.1) is 24.2 Å². The first-order valence-electron chi connectivity index (χ1n) is 8.39. The largest absolute Gasteiger partial charge is 0.468 e. The van der Waals surface area contributed by atoms with E-state index in [2.05, 4.69) is 10.5 Å².